The summed E-state index contributed by atoms with van der Waals surface area (Å²) in [6.45, 7) is 4.39. The number of rotatable bonds is 8. The van der Waals surface area contributed by atoms with E-state index in [9.17, 15) is 24.8 Å². The van der Waals surface area contributed by atoms with Crippen LogP contribution in [0.4, 0.5) is 5.69 Å². The molecule has 1 aliphatic rings. The third-order valence-corrected chi connectivity index (χ3v) is 5.92. The Morgan fingerprint density at radius 3 is 2.64 bits per heavy atom. The molecule has 0 bridgehead atoms. The van der Waals surface area contributed by atoms with E-state index in [-0.39, 0.29) is 23.6 Å². The summed E-state index contributed by atoms with van der Waals surface area (Å²) in [5.74, 6) is -1.38. The van der Waals surface area contributed by atoms with Crippen molar-refractivity contribution in [2.24, 2.45) is 0 Å². The van der Waals surface area contributed by atoms with Crippen molar-refractivity contribution in [2.75, 3.05) is 6.61 Å². The number of Topliss-reactive ketones (excluding diaryl/α,β-unsaturated/α-hetero) is 1. The molecule has 1 amide bonds. The van der Waals surface area contributed by atoms with Crippen LogP contribution in [-0.2, 0) is 16.1 Å². The van der Waals surface area contributed by atoms with E-state index in [4.69, 9.17) is 4.74 Å². The molecule has 184 valence electrons. The fourth-order valence-electron chi connectivity index (χ4n) is 4.21. The number of aliphatic hydroxyl groups is 1. The molecule has 9 nitrogen and oxygen atoms in total. The average Bonchev–Trinajstić information content (AvgIpc) is 3.13. The average molecular weight is 488 g/mol. The van der Waals surface area contributed by atoms with Gasteiger partial charge in [-0.05, 0) is 54.3 Å². The topological polar surface area (TPSA) is 123 Å². The molecular formula is C27H25N3O6. The Morgan fingerprint density at radius 1 is 1.17 bits per heavy atom. The van der Waals surface area contributed by atoms with Gasteiger partial charge < -0.3 is 14.7 Å². The van der Waals surface area contributed by atoms with Gasteiger partial charge in [0.1, 0.15) is 11.5 Å². The fourth-order valence-corrected chi connectivity index (χ4v) is 4.21. The number of nitro groups is 1. The molecule has 0 unspecified atom stereocenters. The summed E-state index contributed by atoms with van der Waals surface area (Å²) in [6, 6.07) is 13.2. The van der Waals surface area contributed by atoms with E-state index in [1.165, 1.54) is 23.1 Å². The van der Waals surface area contributed by atoms with E-state index in [1.807, 2.05) is 13.8 Å². The van der Waals surface area contributed by atoms with Gasteiger partial charge in [0.25, 0.3) is 17.4 Å². The number of pyridine rings is 1. The molecule has 1 saturated heterocycles. The number of hydrogen-bond acceptors (Lipinski definition) is 7. The lowest BCUT2D eigenvalue weighted by Crippen LogP contribution is -2.29. The first-order chi connectivity index (χ1) is 17.3. The first-order valence-corrected chi connectivity index (χ1v) is 11.5. The quantitative estimate of drug-likeness (QED) is 0.160. The lowest BCUT2D eigenvalue weighted by molar-refractivity contribution is -0.384. The summed E-state index contributed by atoms with van der Waals surface area (Å²) < 4.78 is 5.70. The fraction of sp³-hybridized carbons (Fsp3) is 0.222. The summed E-state index contributed by atoms with van der Waals surface area (Å²) in [4.78, 5) is 42.6. The van der Waals surface area contributed by atoms with Crippen molar-refractivity contribution in [2.45, 2.75) is 32.9 Å². The molecule has 1 fully saturated rings. The second-order valence-electron chi connectivity index (χ2n) is 8.47. The van der Waals surface area contributed by atoms with Gasteiger partial charge in [0.05, 0.1) is 23.1 Å². The minimum Gasteiger partial charge on any atom is -0.507 e. The molecule has 1 atom stereocenters. The standard InChI is InChI=1S/C27H25N3O6/c1-3-12-36-22-10-9-20(13-17(22)2)25(31)23-24(19-7-4-8-21(14-19)30(34)35)29(27(33)26(23)32)16-18-6-5-11-28-15-18/h4-11,13-15,24,31H,3,12,16H2,1-2H3/t24-/m1/s1. The van der Waals surface area contributed by atoms with Crippen LogP contribution in [0.15, 0.2) is 72.6 Å². The van der Waals surface area contributed by atoms with E-state index in [0.29, 0.717) is 29.0 Å². The number of aromatic nitrogens is 1. The molecule has 0 spiro atoms. The molecule has 1 aromatic heterocycles. The van der Waals surface area contributed by atoms with Gasteiger partial charge >= 0.3 is 0 Å². The van der Waals surface area contributed by atoms with Crippen LogP contribution in [0.3, 0.4) is 0 Å². The Morgan fingerprint density at radius 2 is 1.97 bits per heavy atom. The summed E-state index contributed by atoms with van der Waals surface area (Å²) in [5.41, 5.74) is 1.78. The number of carbonyl (C=O) groups excluding carboxylic acids is 2. The van der Waals surface area contributed by atoms with Gasteiger partial charge in [0.15, 0.2) is 0 Å². The van der Waals surface area contributed by atoms with Crippen LogP contribution in [0.25, 0.3) is 5.76 Å². The SMILES string of the molecule is CCCOc1ccc(C(O)=C2C(=O)C(=O)N(Cc3cccnc3)[C@@H]2c2cccc([N+](=O)[O-])c2)cc1C. The zero-order chi connectivity index (χ0) is 25.8. The Hall–Kier alpha value is -4.53. The summed E-state index contributed by atoms with van der Waals surface area (Å²) in [6.07, 6.45) is 4.00. The smallest absolute Gasteiger partial charge is 0.295 e. The highest BCUT2D eigenvalue weighted by molar-refractivity contribution is 6.46. The highest BCUT2D eigenvalue weighted by Gasteiger charge is 2.46. The second-order valence-corrected chi connectivity index (χ2v) is 8.47. The van der Waals surface area contributed by atoms with Gasteiger partial charge in [-0.1, -0.05) is 25.1 Å². The number of ketones is 1. The van der Waals surface area contributed by atoms with E-state index < -0.39 is 22.7 Å². The molecule has 1 aliphatic heterocycles. The molecular weight excluding hydrogens is 462 g/mol. The largest absolute Gasteiger partial charge is 0.507 e. The first kappa shape index (κ1) is 24.6. The number of aliphatic hydroxyl groups excluding tert-OH is 1. The number of amides is 1. The van der Waals surface area contributed by atoms with Crippen molar-refractivity contribution in [3.05, 3.63) is 105 Å². The van der Waals surface area contributed by atoms with Gasteiger partial charge in [0, 0.05) is 36.6 Å². The number of ether oxygens (including phenoxy) is 1. The summed E-state index contributed by atoms with van der Waals surface area (Å²) in [5, 5.41) is 22.7. The summed E-state index contributed by atoms with van der Waals surface area (Å²) >= 11 is 0. The van der Waals surface area contributed by atoms with Crippen molar-refractivity contribution >= 4 is 23.1 Å². The van der Waals surface area contributed by atoms with Crippen molar-refractivity contribution in [3.63, 3.8) is 0 Å². The van der Waals surface area contributed by atoms with Crippen LogP contribution in [0, 0.1) is 17.0 Å². The highest BCUT2D eigenvalue weighted by Crippen LogP contribution is 2.41. The zero-order valence-electron chi connectivity index (χ0n) is 19.9. The Balaban J connectivity index is 1.85. The number of benzene rings is 2. The number of carbonyl (C=O) groups is 2. The van der Waals surface area contributed by atoms with Gasteiger partial charge in [-0.3, -0.25) is 24.7 Å². The number of nitrogens with zero attached hydrogens (tertiary/aromatic N) is 3. The van der Waals surface area contributed by atoms with Crippen LogP contribution >= 0.6 is 0 Å². The monoisotopic (exact) mass is 487 g/mol. The van der Waals surface area contributed by atoms with Crippen LogP contribution in [-0.4, -0.2) is 38.2 Å². The van der Waals surface area contributed by atoms with Crippen molar-refractivity contribution in [1.82, 2.24) is 9.88 Å². The van der Waals surface area contributed by atoms with Gasteiger partial charge in [-0.25, -0.2) is 0 Å². The minimum atomic E-state index is -1.03. The molecule has 0 radical (unpaired) electrons. The second kappa shape index (κ2) is 10.4. The maximum absolute atomic E-state index is 13.2. The molecule has 0 aliphatic carbocycles. The molecule has 1 N–H and O–H groups in total. The third-order valence-electron chi connectivity index (χ3n) is 5.92. The zero-order valence-corrected chi connectivity index (χ0v) is 19.9. The van der Waals surface area contributed by atoms with Crippen LogP contribution in [0.5, 0.6) is 5.75 Å². The number of aryl methyl sites for hydroxylation is 1. The number of nitro benzene ring substituents is 1. The predicted molar refractivity (Wildman–Crippen MR) is 132 cm³/mol. The molecule has 4 rings (SSSR count). The maximum atomic E-state index is 13.2. The predicted octanol–water partition coefficient (Wildman–Crippen LogP) is 4.71. The normalized spacial score (nSPS) is 16.8. The van der Waals surface area contributed by atoms with E-state index in [1.54, 1.807) is 48.8 Å². The number of non-ortho nitro benzene ring substituents is 1. The summed E-state index contributed by atoms with van der Waals surface area (Å²) in [7, 11) is 0. The lowest BCUT2D eigenvalue weighted by Gasteiger charge is -2.25. The van der Waals surface area contributed by atoms with Gasteiger partial charge in [0.2, 0.25) is 0 Å². The number of hydrogen-bond donors (Lipinski definition) is 1. The molecule has 3 aromatic rings. The molecule has 36 heavy (non-hydrogen) atoms. The van der Waals surface area contributed by atoms with Crippen LogP contribution < -0.4 is 4.74 Å². The maximum Gasteiger partial charge on any atom is 0.295 e. The van der Waals surface area contributed by atoms with Gasteiger partial charge in [-0.15, -0.1) is 0 Å². The van der Waals surface area contributed by atoms with Crippen LogP contribution in [0.2, 0.25) is 0 Å². The highest BCUT2D eigenvalue weighted by atomic mass is 16.6. The van der Waals surface area contributed by atoms with Gasteiger partial charge in [-0.2, -0.15) is 0 Å². The molecule has 2 aromatic carbocycles. The third kappa shape index (κ3) is 4.81. The first-order valence-electron chi connectivity index (χ1n) is 11.5. The number of likely N-dealkylation sites (tertiary alicyclic amines) is 1. The Kier molecular flexibility index (Phi) is 7.10. The Labute approximate surface area is 207 Å². The van der Waals surface area contributed by atoms with E-state index in [0.717, 1.165) is 12.0 Å². The molecule has 9 heteroatoms. The lowest BCUT2D eigenvalue weighted by atomic mass is 9.94. The molecule has 2 heterocycles. The van der Waals surface area contributed by atoms with Crippen molar-refractivity contribution in [3.8, 4) is 5.75 Å². The Bertz CT molecular complexity index is 1350. The molecule has 0 saturated carbocycles. The van der Waals surface area contributed by atoms with E-state index in [2.05, 4.69) is 4.98 Å². The van der Waals surface area contributed by atoms with Crippen molar-refractivity contribution < 1.29 is 24.4 Å². The van der Waals surface area contributed by atoms with E-state index >= 15 is 0 Å². The van der Waals surface area contributed by atoms with Crippen molar-refractivity contribution in [1.29, 1.82) is 0 Å². The minimum absolute atomic E-state index is 0.0331. The van der Waals surface area contributed by atoms with Crippen LogP contribution in [0.1, 0.15) is 41.6 Å².